The Morgan fingerprint density at radius 3 is 2.80 bits per heavy atom. The molecular formula is C14H17BrFN5O3S. The van der Waals surface area contributed by atoms with E-state index in [4.69, 9.17) is 4.74 Å². The van der Waals surface area contributed by atoms with Crippen molar-refractivity contribution in [2.75, 3.05) is 6.54 Å². The van der Waals surface area contributed by atoms with Gasteiger partial charge in [-0.2, -0.15) is 5.10 Å². The fourth-order valence-corrected chi connectivity index (χ4v) is 2.90. The number of nitrogens with one attached hydrogen (secondary N) is 1. The second-order valence-corrected chi connectivity index (χ2v) is 8.40. The van der Waals surface area contributed by atoms with E-state index >= 15 is 0 Å². The zero-order valence-electron chi connectivity index (χ0n) is 13.8. The summed E-state index contributed by atoms with van der Waals surface area (Å²) in [4.78, 5) is 28.0. The van der Waals surface area contributed by atoms with Crippen molar-refractivity contribution in [1.29, 1.82) is 0 Å². The summed E-state index contributed by atoms with van der Waals surface area (Å²) in [5.74, 6) is 0. The number of rotatable bonds is 5. The highest BCUT2D eigenvalue weighted by molar-refractivity contribution is 9.11. The fraction of sp³-hybridized carbons (Fsp3) is 0.429. The normalized spacial score (nSPS) is 12.3. The summed E-state index contributed by atoms with van der Waals surface area (Å²) < 4.78 is 21.3. The molecule has 136 valence electrons. The van der Waals surface area contributed by atoms with Gasteiger partial charge in [-0.25, -0.2) is 28.2 Å². The Bertz CT molecular complexity index is 836. The molecule has 2 aromatic rings. The standard InChI is InChI=1S/C14H17BrFN5O3S/c1-14(2,3)24-12(22)18-5-9(4-16)7-21-13(23)20(8-19-21)11-17-6-10(15)25-11/h4,6,8H,5,7H2,1-3H3,(H,18,22). The molecule has 0 radical (unpaired) electrons. The summed E-state index contributed by atoms with van der Waals surface area (Å²) in [7, 11) is 0. The van der Waals surface area contributed by atoms with Crippen LogP contribution in [0.5, 0.6) is 0 Å². The highest BCUT2D eigenvalue weighted by Crippen LogP contribution is 2.20. The zero-order chi connectivity index (χ0) is 18.6. The third-order valence-electron chi connectivity index (χ3n) is 2.77. The molecule has 8 nitrogen and oxygen atoms in total. The molecule has 0 bridgehead atoms. The van der Waals surface area contributed by atoms with E-state index in [1.807, 2.05) is 0 Å². The number of aromatic nitrogens is 4. The number of alkyl carbamates (subject to hydrolysis) is 1. The molecule has 1 N–H and O–H groups in total. The molecule has 25 heavy (non-hydrogen) atoms. The Kier molecular flexibility index (Phi) is 6.11. The Morgan fingerprint density at radius 2 is 2.24 bits per heavy atom. The van der Waals surface area contributed by atoms with Gasteiger partial charge in [0.05, 0.1) is 22.9 Å². The van der Waals surface area contributed by atoms with Crippen molar-refractivity contribution in [2.24, 2.45) is 0 Å². The molecule has 11 heteroatoms. The van der Waals surface area contributed by atoms with Crippen molar-refractivity contribution >= 4 is 33.4 Å². The predicted molar refractivity (Wildman–Crippen MR) is 94.6 cm³/mol. The number of hydrogen-bond donors (Lipinski definition) is 1. The van der Waals surface area contributed by atoms with Gasteiger partial charge in [0.2, 0.25) is 0 Å². The molecule has 0 aliphatic carbocycles. The SMILES string of the molecule is CC(C)(C)OC(=O)NCC(=CF)Cn1ncn(-c2ncc(Br)s2)c1=O. The number of carbonyl (C=O) groups is 1. The summed E-state index contributed by atoms with van der Waals surface area (Å²) in [5.41, 5.74) is -0.946. The van der Waals surface area contributed by atoms with Crippen molar-refractivity contribution < 1.29 is 13.9 Å². The van der Waals surface area contributed by atoms with Crippen LogP contribution in [0.1, 0.15) is 20.8 Å². The lowest BCUT2D eigenvalue weighted by Crippen LogP contribution is -2.34. The summed E-state index contributed by atoms with van der Waals surface area (Å²) in [6.45, 7) is 4.96. The van der Waals surface area contributed by atoms with Gasteiger partial charge in [0.25, 0.3) is 0 Å². The van der Waals surface area contributed by atoms with E-state index in [1.54, 1.807) is 27.0 Å². The zero-order valence-corrected chi connectivity index (χ0v) is 16.2. The maximum atomic E-state index is 13.1. The summed E-state index contributed by atoms with van der Waals surface area (Å²) in [6, 6.07) is 0. The molecule has 0 unspecified atom stereocenters. The van der Waals surface area contributed by atoms with Crippen LogP contribution in [0.15, 0.2) is 33.0 Å². The Balaban J connectivity index is 2.02. The van der Waals surface area contributed by atoms with E-state index in [0.29, 0.717) is 11.5 Å². The minimum atomic E-state index is -0.669. The van der Waals surface area contributed by atoms with Crippen LogP contribution >= 0.6 is 27.3 Å². The first-order chi connectivity index (χ1) is 11.7. The fourth-order valence-electron chi connectivity index (χ4n) is 1.76. The van der Waals surface area contributed by atoms with E-state index in [9.17, 15) is 14.0 Å². The van der Waals surface area contributed by atoms with Gasteiger partial charge in [-0.3, -0.25) is 0 Å². The Hall–Kier alpha value is -2.01. The molecule has 0 saturated carbocycles. The topological polar surface area (TPSA) is 91.0 Å². The molecule has 0 aromatic carbocycles. The van der Waals surface area contributed by atoms with Crippen molar-refractivity contribution in [3.63, 3.8) is 0 Å². The first kappa shape index (κ1) is 19.3. The number of amides is 1. The lowest BCUT2D eigenvalue weighted by Gasteiger charge is -2.19. The van der Waals surface area contributed by atoms with Crippen LogP contribution in [-0.4, -0.2) is 37.6 Å². The molecule has 0 aliphatic rings. The molecule has 0 aliphatic heterocycles. The smallest absolute Gasteiger partial charge is 0.407 e. The summed E-state index contributed by atoms with van der Waals surface area (Å²) >= 11 is 4.54. The molecule has 2 aromatic heterocycles. The van der Waals surface area contributed by atoms with Crippen molar-refractivity contribution in [3.05, 3.63) is 38.7 Å². The lowest BCUT2D eigenvalue weighted by molar-refractivity contribution is 0.0532. The number of ether oxygens (including phenoxy) is 1. The van der Waals surface area contributed by atoms with Crippen LogP contribution in [0.25, 0.3) is 5.13 Å². The van der Waals surface area contributed by atoms with Gasteiger partial charge in [0.1, 0.15) is 11.9 Å². The molecule has 0 saturated heterocycles. The third kappa shape index (κ3) is 5.49. The van der Waals surface area contributed by atoms with Crippen molar-refractivity contribution in [1.82, 2.24) is 24.6 Å². The van der Waals surface area contributed by atoms with Crippen molar-refractivity contribution in [3.8, 4) is 5.13 Å². The van der Waals surface area contributed by atoms with E-state index in [-0.39, 0.29) is 18.7 Å². The summed E-state index contributed by atoms with van der Waals surface area (Å²) in [6.07, 6.45) is 2.55. The van der Waals surface area contributed by atoms with Gasteiger partial charge in [0.15, 0.2) is 5.13 Å². The number of halogens is 2. The molecule has 0 atom stereocenters. The molecule has 1 amide bonds. The van der Waals surface area contributed by atoms with E-state index in [0.717, 1.165) is 8.47 Å². The highest BCUT2D eigenvalue weighted by Gasteiger charge is 2.17. The largest absolute Gasteiger partial charge is 0.444 e. The number of hydrogen-bond acceptors (Lipinski definition) is 6. The van der Waals surface area contributed by atoms with Crippen LogP contribution in [-0.2, 0) is 11.3 Å². The second kappa shape index (κ2) is 7.91. The monoisotopic (exact) mass is 433 g/mol. The summed E-state index contributed by atoms with van der Waals surface area (Å²) in [5, 5.41) is 6.82. The molecule has 2 rings (SSSR count). The number of thiazole rings is 1. The minimum absolute atomic E-state index is 0.104. The van der Waals surface area contributed by atoms with Crippen LogP contribution in [0.3, 0.4) is 0 Å². The van der Waals surface area contributed by atoms with Crippen LogP contribution < -0.4 is 11.0 Å². The maximum Gasteiger partial charge on any atom is 0.407 e. The van der Waals surface area contributed by atoms with Gasteiger partial charge in [-0.15, -0.1) is 0 Å². The predicted octanol–water partition coefficient (Wildman–Crippen LogP) is 2.63. The van der Waals surface area contributed by atoms with Gasteiger partial charge in [-0.1, -0.05) is 11.3 Å². The van der Waals surface area contributed by atoms with Gasteiger partial charge in [-0.05, 0) is 42.3 Å². The molecule has 0 spiro atoms. The van der Waals surface area contributed by atoms with Crippen molar-refractivity contribution in [2.45, 2.75) is 32.9 Å². The van der Waals surface area contributed by atoms with Gasteiger partial charge >= 0.3 is 11.8 Å². The first-order valence-corrected chi connectivity index (χ1v) is 8.81. The van der Waals surface area contributed by atoms with E-state index in [2.05, 4.69) is 31.3 Å². The quantitative estimate of drug-likeness (QED) is 0.782. The minimum Gasteiger partial charge on any atom is -0.444 e. The Labute approximate surface area is 155 Å². The number of carbonyl (C=O) groups excluding carboxylic acids is 1. The lowest BCUT2D eigenvalue weighted by atomic mass is 10.2. The van der Waals surface area contributed by atoms with Crippen LogP contribution in [0.2, 0.25) is 0 Å². The molecule has 0 fully saturated rings. The Morgan fingerprint density at radius 1 is 1.52 bits per heavy atom. The molecular weight excluding hydrogens is 417 g/mol. The maximum absolute atomic E-state index is 13.1. The highest BCUT2D eigenvalue weighted by atomic mass is 79.9. The van der Waals surface area contributed by atoms with Crippen LogP contribution in [0.4, 0.5) is 9.18 Å². The number of nitrogens with zero attached hydrogens (tertiary/aromatic N) is 4. The average Bonchev–Trinajstić information content (AvgIpc) is 3.08. The second-order valence-electron chi connectivity index (χ2n) is 6.01. The van der Waals surface area contributed by atoms with Crippen LogP contribution in [0, 0.1) is 0 Å². The van der Waals surface area contributed by atoms with E-state index in [1.165, 1.54) is 22.2 Å². The third-order valence-corrected chi connectivity index (χ3v) is 4.25. The van der Waals surface area contributed by atoms with E-state index < -0.39 is 17.4 Å². The van der Waals surface area contributed by atoms with Gasteiger partial charge in [0, 0.05) is 6.54 Å². The average molecular weight is 434 g/mol. The van der Waals surface area contributed by atoms with Gasteiger partial charge < -0.3 is 10.1 Å². The first-order valence-electron chi connectivity index (χ1n) is 7.21. The molecule has 2 heterocycles.